The van der Waals surface area contributed by atoms with Crippen LogP contribution in [0.15, 0.2) is 36.7 Å². The third-order valence-corrected chi connectivity index (χ3v) is 3.57. The second-order valence-corrected chi connectivity index (χ2v) is 5.55. The monoisotopic (exact) mass is 328 g/mol. The summed E-state index contributed by atoms with van der Waals surface area (Å²) in [5.74, 6) is 0.923. The molecule has 0 N–H and O–H groups in total. The molecule has 24 heavy (non-hydrogen) atoms. The summed E-state index contributed by atoms with van der Waals surface area (Å²) in [5.41, 5.74) is 2.07. The maximum Gasteiger partial charge on any atom is 0.347 e. The zero-order chi connectivity index (χ0) is 17.4. The quantitative estimate of drug-likeness (QED) is 0.689. The van der Waals surface area contributed by atoms with Gasteiger partial charge in [0, 0.05) is 18.0 Å². The van der Waals surface area contributed by atoms with Crippen molar-refractivity contribution < 1.29 is 14.3 Å². The number of hydrogen-bond acceptors (Lipinski definition) is 5. The van der Waals surface area contributed by atoms with Crippen molar-refractivity contribution in [1.29, 1.82) is 0 Å². The van der Waals surface area contributed by atoms with Crippen molar-refractivity contribution in [3.8, 4) is 17.1 Å². The van der Waals surface area contributed by atoms with Crippen LogP contribution in [-0.2, 0) is 16.0 Å². The molecule has 5 heteroatoms. The second-order valence-electron chi connectivity index (χ2n) is 5.55. The van der Waals surface area contributed by atoms with Crippen molar-refractivity contribution in [1.82, 2.24) is 9.97 Å². The summed E-state index contributed by atoms with van der Waals surface area (Å²) in [6, 6.07) is 7.38. The van der Waals surface area contributed by atoms with Crippen molar-refractivity contribution in [2.45, 2.75) is 46.1 Å². The first-order valence-corrected chi connectivity index (χ1v) is 8.38. The number of ether oxygens (including phenoxy) is 2. The molecule has 1 aromatic carbocycles. The van der Waals surface area contributed by atoms with Crippen LogP contribution in [0.1, 0.15) is 39.2 Å². The van der Waals surface area contributed by atoms with Gasteiger partial charge in [-0.2, -0.15) is 0 Å². The average Bonchev–Trinajstić information content (AvgIpc) is 2.61. The van der Waals surface area contributed by atoms with E-state index in [1.807, 2.05) is 24.5 Å². The Morgan fingerprint density at radius 1 is 1.12 bits per heavy atom. The highest BCUT2D eigenvalue weighted by Crippen LogP contribution is 2.20. The molecule has 1 unspecified atom stereocenters. The molecule has 1 atom stereocenters. The van der Waals surface area contributed by atoms with Crippen molar-refractivity contribution in [2.75, 3.05) is 6.61 Å². The highest BCUT2D eigenvalue weighted by Gasteiger charge is 2.15. The summed E-state index contributed by atoms with van der Waals surface area (Å²) in [5, 5.41) is 0. The lowest BCUT2D eigenvalue weighted by molar-refractivity contribution is -0.150. The molecule has 0 aliphatic rings. The van der Waals surface area contributed by atoms with E-state index in [0.717, 1.165) is 30.4 Å². The molecule has 0 aliphatic heterocycles. The lowest BCUT2D eigenvalue weighted by atomic mass is 10.1. The van der Waals surface area contributed by atoms with Gasteiger partial charge in [0.1, 0.15) is 5.75 Å². The van der Waals surface area contributed by atoms with Crippen LogP contribution in [0.5, 0.6) is 5.75 Å². The number of aromatic nitrogens is 2. The molecule has 0 aliphatic carbocycles. The fraction of sp³-hybridized carbons (Fsp3) is 0.421. The van der Waals surface area contributed by atoms with E-state index in [1.54, 1.807) is 26.0 Å². The Morgan fingerprint density at radius 3 is 2.38 bits per heavy atom. The van der Waals surface area contributed by atoms with Crippen molar-refractivity contribution in [3.63, 3.8) is 0 Å². The standard InChI is InChI=1S/C19H24N2O3/c1-4-6-7-15-12-20-18(21-13-15)16-8-10-17(11-9-16)24-14(3)19(22)23-5-2/h8-14H,4-7H2,1-3H3. The van der Waals surface area contributed by atoms with E-state index < -0.39 is 6.10 Å². The van der Waals surface area contributed by atoms with Gasteiger partial charge >= 0.3 is 5.97 Å². The van der Waals surface area contributed by atoms with Gasteiger partial charge in [-0.25, -0.2) is 14.8 Å². The minimum absolute atomic E-state index is 0.344. The number of aryl methyl sites for hydroxylation is 1. The SMILES string of the molecule is CCCCc1cnc(-c2ccc(OC(C)C(=O)OCC)cc2)nc1. The van der Waals surface area contributed by atoms with Crippen molar-refractivity contribution in [2.24, 2.45) is 0 Å². The summed E-state index contributed by atoms with van der Waals surface area (Å²) in [6.07, 6.45) is 6.44. The van der Waals surface area contributed by atoms with Crippen LogP contribution < -0.4 is 4.74 Å². The lowest BCUT2D eigenvalue weighted by Crippen LogP contribution is -2.25. The van der Waals surface area contributed by atoms with Crippen LogP contribution in [0, 0.1) is 0 Å². The molecule has 128 valence electrons. The van der Waals surface area contributed by atoms with Gasteiger partial charge in [0.25, 0.3) is 0 Å². The van der Waals surface area contributed by atoms with Crippen LogP contribution in [0.3, 0.4) is 0 Å². The number of carbonyl (C=O) groups excluding carboxylic acids is 1. The second kappa shape index (κ2) is 9.01. The molecular weight excluding hydrogens is 304 g/mol. The number of unbranched alkanes of at least 4 members (excludes halogenated alkanes) is 1. The number of carbonyl (C=O) groups is 1. The van der Waals surface area contributed by atoms with E-state index in [2.05, 4.69) is 16.9 Å². The van der Waals surface area contributed by atoms with Gasteiger partial charge in [-0.1, -0.05) is 13.3 Å². The highest BCUT2D eigenvalue weighted by atomic mass is 16.6. The predicted octanol–water partition coefficient (Wildman–Crippen LogP) is 3.82. The van der Waals surface area contributed by atoms with Gasteiger partial charge in [-0.3, -0.25) is 0 Å². The van der Waals surface area contributed by atoms with Crippen LogP contribution >= 0.6 is 0 Å². The molecular formula is C19H24N2O3. The summed E-state index contributed by atoms with van der Waals surface area (Å²) in [6.45, 7) is 5.95. The molecule has 2 aromatic rings. The lowest BCUT2D eigenvalue weighted by Gasteiger charge is -2.13. The molecule has 0 spiro atoms. The summed E-state index contributed by atoms with van der Waals surface area (Å²) in [4.78, 5) is 20.4. The Hall–Kier alpha value is -2.43. The summed E-state index contributed by atoms with van der Waals surface area (Å²) in [7, 11) is 0. The highest BCUT2D eigenvalue weighted by molar-refractivity contribution is 5.74. The maximum atomic E-state index is 11.6. The Labute approximate surface area is 143 Å². The van der Waals surface area contributed by atoms with E-state index in [0.29, 0.717) is 18.2 Å². The Balaban J connectivity index is 1.99. The molecule has 1 heterocycles. The molecule has 0 bridgehead atoms. The van der Waals surface area contributed by atoms with E-state index >= 15 is 0 Å². The van der Waals surface area contributed by atoms with E-state index in [-0.39, 0.29) is 5.97 Å². The van der Waals surface area contributed by atoms with E-state index in [4.69, 9.17) is 9.47 Å². The maximum absolute atomic E-state index is 11.6. The van der Waals surface area contributed by atoms with Crippen LogP contribution in [0.25, 0.3) is 11.4 Å². The normalized spacial score (nSPS) is 11.8. The topological polar surface area (TPSA) is 61.3 Å². The molecule has 0 saturated heterocycles. The first kappa shape index (κ1) is 17.9. The third kappa shape index (κ3) is 5.05. The van der Waals surface area contributed by atoms with Gasteiger partial charge < -0.3 is 9.47 Å². The van der Waals surface area contributed by atoms with Gasteiger partial charge in [0.2, 0.25) is 0 Å². The average molecular weight is 328 g/mol. The minimum atomic E-state index is -0.634. The molecule has 0 radical (unpaired) electrons. The largest absolute Gasteiger partial charge is 0.479 e. The summed E-state index contributed by atoms with van der Waals surface area (Å²) < 4.78 is 10.5. The number of hydrogen-bond donors (Lipinski definition) is 0. The predicted molar refractivity (Wildman–Crippen MR) is 92.8 cm³/mol. The zero-order valence-electron chi connectivity index (χ0n) is 14.5. The van der Waals surface area contributed by atoms with Gasteiger partial charge in [0.05, 0.1) is 6.61 Å². The van der Waals surface area contributed by atoms with Crippen LogP contribution in [0.4, 0.5) is 0 Å². The molecule has 5 nitrogen and oxygen atoms in total. The van der Waals surface area contributed by atoms with Crippen molar-refractivity contribution in [3.05, 3.63) is 42.2 Å². The fourth-order valence-corrected chi connectivity index (χ4v) is 2.21. The fourth-order valence-electron chi connectivity index (χ4n) is 2.21. The Morgan fingerprint density at radius 2 is 1.79 bits per heavy atom. The van der Waals surface area contributed by atoms with Gasteiger partial charge in [0.15, 0.2) is 11.9 Å². The number of esters is 1. The zero-order valence-corrected chi connectivity index (χ0v) is 14.5. The van der Waals surface area contributed by atoms with E-state index in [1.165, 1.54) is 0 Å². The first-order valence-electron chi connectivity index (χ1n) is 8.38. The molecule has 0 amide bonds. The summed E-state index contributed by atoms with van der Waals surface area (Å²) >= 11 is 0. The first-order chi connectivity index (χ1) is 11.6. The van der Waals surface area contributed by atoms with Crippen LogP contribution in [-0.4, -0.2) is 28.6 Å². The van der Waals surface area contributed by atoms with Crippen LogP contribution in [0.2, 0.25) is 0 Å². The number of benzene rings is 1. The third-order valence-electron chi connectivity index (χ3n) is 3.57. The smallest absolute Gasteiger partial charge is 0.347 e. The number of nitrogens with zero attached hydrogens (tertiary/aromatic N) is 2. The van der Waals surface area contributed by atoms with Gasteiger partial charge in [-0.15, -0.1) is 0 Å². The Bertz CT molecular complexity index is 639. The number of rotatable bonds is 8. The Kier molecular flexibility index (Phi) is 6.73. The molecule has 0 fully saturated rings. The molecule has 0 saturated carbocycles. The molecule has 1 aromatic heterocycles. The minimum Gasteiger partial charge on any atom is -0.479 e. The van der Waals surface area contributed by atoms with E-state index in [9.17, 15) is 4.79 Å². The molecule has 2 rings (SSSR count). The van der Waals surface area contributed by atoms with Gasteiger partial charge in [-0.05, 0) is 56.5 Å². The van der Waals surface area contributed by atoms with Crippen molar-refractivity contribution >= 4 is 5.97 Å².